The molecule has 0 heterocycles. The SMILES string of the molecule is CCN(CC(C)C)C(=O)CCCNC(C)C. The van der Waals surface area contributed by atoms with Gasteiger partial charge >= 0.3 is 0 Å². The Morgan fingerprint density at radius 2 is 1.88 bits per heavy atom. The predicted octanol–water partition coefficient (Wildman–Crippen LogP) is 2.27. The van der Waals surface area contributed by atoms with E-state index in [1.807, 2.05) is 11.8 Å². The van der Waals surface area contributed by atoms with Gasteiger partial charge in [0.1, 0.15) is 0 Å². The smallest absolute Gasteiger partial charge is 0.222 e. The number of amides is 1. The van der Waals surface area contributed by atoms with E-state index in [4.69, 9.17) is 0 Å². The van der Waals surface area contributed by atoms with Crippen LogP contribution in [0.5, 0.6) is 0 Å². The third kappa shape index (κ3) is 7.69. The van der Waals surface area contributed by atoms with Crippen LogP contribution < -0.4 is 5.32 Å². The van der Waals surface area contributed by atoms with Crippen LogP contribution in [-0.4, -0.2) is 36.5 Å². The van der Waals surface area contributed by atoms with Gasteiger partial charge in [0.05, 0.1) is 0 Å². The number of carbonyl (C=O) groups is 1. The van der Waals surface area contributed by atoms with Crippen LogP contribution in [0.1, 0.15) is 47.5 Å². The van der Waals surface area contributed by atoms with Crippen molar-refractivity contribution in [1.82, 2.24) is 10.2 Å². The summed E-state index contributed by atoms with van der Waals surface area (Å²) in [6.45, 7) is 13.2. The first-order chi connectivity index (χ1) is 7.47. The highest BCUT2D eigenvalue weighted by Gasteiger charge is 2.12. The molecule has 0 aliphatic rings. The van der Waals surface area contributed by atoms with Crippen LogP contribution in [0, 0.1) is 5.92 Å². The second-order valence-corrected chi connectivity index (χ2v) is 5.04. The zero-order valence-electron chi connectivity index (χ0n) is 11.5. The molecule has 0 aromatic rings. The van der Waals surface area contributed by atoms with Gasteiger partial charge in [-0.05, 0) is 25.8 Å². The van der Waals surface area contributed by atoms with Crippen molar-refractivity contribution in [3.63, 3.8) is 0 Å². The molecule has 0 aromatic carbocycles. The minimum Gasteiger partial charge on any atom is -0.343 e. The van der Waals surface area contributed by atoms with Crippen LogP contribution in [0.25, 0.3) is 0 Å². The lowest BCUT2D eigenvalue weighted by molar-refractivity contribution is -0.131. The number of rotatable bonds is 8. The summed E-state index contributed by atoms with van der Waals surface area (Å²) in [4.78, 5) is 13.8. The average Bonchev–Trinajstić information content (AvgIpc) is 2.20. The van der Waals surface area contributed by atoms with E-state index in [2.05, 4.69) is 33.0 Å². The Morgan fingerprint density at radius 1 is 1.25 bits per heavy atom. The van der Waals surface area contributed by atoms with E-state index in [-0.39, 0.29) is 0 Å². The molecular weight excluding hydrogens is 200 g/mol. The summed E-state index contributed by atoms with van der Waals surface area (Å²) >= 11 is 0. The van der Waals surface area contributed by atoms with Crippen LogP contribution in [0.4, 0.5) is 0 Å². The van der Waals surface area contributed by atoms with Crippen LogP contribution in [0.15, 0.2) is 0 Å². The molecule has 96 valence electrons. The standard InChI is InChI=1S/C13H28N2O/c1-6-15(10-11(2)3)13(16)8-7-9-14-12(4)5/h11-12,14H,6-10H2,1-5H3. The Labute approximate surface area is 101 Å². The number of hydrogen-bond acceptors (Lipinski definition) is 2. The fraction of sp³-hybridized carbons (Fsp3) is 0.923. The largest absolute Gasteiger partial charge is 0.343 e. The second-order valence-electron chi connectivity index (χ2n) is 5.04. The minimum atomic E-state index is 0.293. The maximum absolute atomic E-state index is 11.9. The van der Waals surface area contributed by atoms with Crippen molar-refractivity contribution < 1.29 is 4.79 Å². The van der Waals surface area contributed by atoms with Gasteiger partial charge in [0, 0.05) is 25.6 Å². The van der Waals surface area contributed by atoms with E-state index in [1.165, 1.54) is 0 Å². The minimum absolute atomic E-state index is 0.293. The van der Waals surface area contributed by atoms with Gasteiger partial charge < -0.3 is 10.2 Å². The molecule has 1 amide bonds. The molecule has 0 fully saturated rings. The Morgan fingerprint density at radius 3 is 2.31 bits per heavy atom. The molecule has 3 heteroatoms. The maximum atomic E-state index is 11.9. The monoisotopic (exact) mass is 228 g/mol. The van der Waals surface area contributed by atoms with Crippen molar-refractivity contribution >= 4 is 5.91 Å². The zero-order chi connectivity index (χ0) is 12.6. The van der Waals surface area contributed by atoms with Crippen LogP contribution in [-0.2, 0) is 4.79 Å². The fourth-order valence-corrected chi connectivity index (χ4v) is 1.64. The lowest BCUT2D eigenvalue weighted by Crippen LogP contribution is -2.34. The summed E-state index contributed by atoms with van der Waals surface area (Å²) in [5.74, 6) is 0.847. The lowest BCUT2D eigenvalue weighted by Gasteiger charge is -2.23. The fourth-order valence-electron chi connectivity index (χ4n) is 1.64. The molecule has 0 atom stereocenters. The quantitative estimate of drug-likeness (QED) is 0.646. The van der Waals surface area contributed by atoms with Gasteiger partial charge in [-0.1, -0.05) is 27.7 Å². The van der Waals surface area contributed by atoms with E-state index in [0.717, 1.165) is 26.1 Å². The molecule has 0 saturated carbocycles. The van der Waals surface area contributed by atoms with Crippen molar-refractivity contribution in [2.45, 2.75) is 53.5 Å². The van der Waals surface area contributed by atoms with Crippen LogP contribution in [0.3, 0.4) is 0 Å². The van der Waals surface area contributed by atoms with Gasteiger partial charge in [-0.3, -0.25) is 4.79 Å². The second kappa shape index (κ2) is 8.57. The summed E-state index contributed by atoms with van der Waals surface area (Å²) in [5, 5.41) is 3.33. The number of nitrogens with zero attached hydrogens (tertiary/aromatic N) is 1. The summed E-state index contributed by atoms with van der Waals surface area (Å²) < 4.78 is 0. The molecule has 0 aromatic heterocycles. The maximum Gasteiger partial charge on any atom is 0.222 e. The van der Waals surface area contributed by atoms with Crippen molar-refractivity contribution in [1.29, 1.82) is 0 Å². The molecule has 3 nitrogen and oxygen atoms in total. The first kappa shape index (κ1) is 15.4. The molecule has 0 spiro atoms. The van der Waals surface area contributed by atoms with Crippen LogP contribution >= 0.6 is 0 Å². The highest BCUT2D eigenvalue weighted by atomic mass is 16.2. The van der Waals surface area contributed by atoms with Gasteiger partial charge in [0.2, 0.25) is 5.91 Å². The molecule has 0 rings (SSSR count). The Hall–Kier alpha value is -0.570. The highest BCUT2D eigenvalue weighted by molar-refractivity contribution is 5.76. The summed E-state index contributed by atoms with van der Waals surface area (Å²) in [6.07, 6.45) is 1.60. The van der Waals surface area contributed by atoms with E-state index in [9.17, 15) is 4.79 Å². The molecule has 1 N–H and O–H groups in total. The van der Waals surface area contributed by atoms with Gasteiger partial charge in [0.25, 0.3) is 0 Å². The topological polar surface area (TPSA) is 32.3 Å². The van der Waals surface area contributed by atoms with Crippen molar-refractivity contribution in [2.24, 2.45) is 5.92 Å². The van der Waals surface area contributed by atoms with Crippen LogP contribution in [0.2, 0.25) is 0 Å². The zero-order valence-corrected chi connectivity index (χ0v) is 11.5. The Kier molecular flexibility index (Phi) is 8.26. The third-order valence-corrected chi connectivity index (χ3v) is 2.44. The highest BCUT2D eigenvalue weighted by Crippen LogP contribution is 2.02. The molecule has 0 saturated heterocycles. The molecule has 0 bridgehead atoms. The Bertz CT molecular complexity index is 190. The first-order valence-electron chi connectivity index (χ1n) is 6.48. The Balaban J connectivity index is 3.75. The lowest BCUT2D eigenvalue weighted by atomic mass is 10.2. The summed E-state index contributed by atoms with van der Waals surface area (Å²) in [5.41, 5.74) is 0. The van der Waals surface area contributed by atoms with Gasteiger partial charge in [-0.2, -0.15) is 0 Å². The van der Waals surface area contributed by atoms with Crippen molar-refractivity contribution in [2.75, 3.05) is 19.6 Å². The first-order valence-corrected chi connectivity index (χ1v) is 6.48. The van der Waals surface area contributed by atoms with Gasteiger partial charge in [0.15, 0.2) is 0 Å². The third-order valence-electron chi connectivity index (χ3n) is 2.44. The molecule has 16 heavy (non-hydrogen) atoms. The van der Waals surface area contributed by atoms with E-state index in [1.54, 1.807) is 0 Å². The molecule has 0 unspecified atom stereocenters. The van der Waals surface area contributed by atoms with E-state index >= 15 is 0 Å². The van der Waals surface area contributed by atoms with Crippen molar-refractivity contribution in [3.8, 4) is 0 Å². The van der Waals surface area contributed by atoms with E-state index < -0.39 is 0 Å². The number of hydrogen-bond donors (Lipinski definition) is 1. The molecular formula is C13H28N2O. The number of nitrogens with one attached hydrogen (secondary N) is 1. The number of carbonyl (C=O) groups excluding carboxylic acids is 1. The summed E-state index contributed by atoms with van der Waals surface area (Å²) in [6, 6.07) is 0.507. The average molecular weight is 228 g/mol. The van der Waals surface area contributed by atoms with Gasteiger partial charge in [-0.15, -0.1) is 0 Å². The molecule has 0 aliphatic heterocycles. The van der Waals surface area contributed by atoms with E-state index in [0.29, 0.717) is 24.3 Å². The molecule has 0 radical (unpaired) electrons. The van der Waals surface area contributed by atoms with Crippen molar-refractivity contribution in [3.05, 3.63) is 0 Å². The molecule has 0 aliphatic carbocycles. The normalized spacial score (nSPS) is 11.2. The summed E-state index contributed by atoms with van der Waals surface area (Å²) in [7, 11) is 0. The predicted molar refractivity (Wildman–Crippen MR) is 69.5 cm³/mol. The van der Waals surface area contributed by atoms with Gasteiger partial charge in [-0.25, -0.2) is 0 Å².